The summed E-state index contributed by atoms with van der Waals surface area (Å²) in [6.45, 7) is 0.157. The van der Waals surface area contributed by atoms with E-state index < -0.39 is 5.97 Å². The van der Waals surface area contributed by atoms with Crippen LogP contribution in [0, 0.1) is 0 Å². The molecular weight excluding hydrogens is 355 g/mol. The normalized spacial score (nSPS) is 13.6. The van der Waals surface area contributed by atoms with E-state index in [2.05, 4.69) is 9.72 Å². The van der Waals surface area contributed by atoms with Crippen LogP contribution in [0.25, 0.3) is 0 Å². The number of oxazole rings is 1. The van der Waals surface area contributed by atoms with Crippen molar-refractivity contribution in [1.29, 1.82) is 0 Å². The molecule has 1 heterocycles. The molecule has 0 unspecified atom stereocenters. The lowest BCUT2D eigenvalue weighted by molar-refractivity contribution is 0.0594. The number of aromatic nitrogens is 1. The van der Waals surface area contributed by atoms with Gasteiger partial charge in [-0.1, -0.05) is 23.2 Å². The molecule has 2 aromatic rings. The second-order valence-electron chi connectivity index (χ2n) is 5.44. The van der Waals surface area contributed by atoms with Gasteiger partial charge in [-0.2, -0.15) is 0 Å². The van der Waals surface area contributed by atoms with E-state index in [-0.39, 0.29) is 30.1 Å². The average molecular weight is 369 g/mol. The SMILES string of the molecule is COC(=O)c1coc(CN(C(=O)c2cc(Cl)cc(Cl)c2)C2CC2)n1. The van der Waals surface area contributed by atoms with Gasteiger partial charge in [0, 0.05) is 21.7 Å². The summed E-state index contributed by atoms with van der Waals surface area (Å²) in [5.41, 5.74) is 0.473. The van der Waals surface area contributed by atoms with Crippen LogP contribution in [0.3, 0.4) is 0 Å². The van der Waals surface area contributed by atoms with Crippen molar-refractivity contribution in [1.82, 2.24) is 9.88 Å². The van der Waals surface area contributed by atoms with Gasteiger partial charge in [0.05, 0.1) is 13.7 Å². The van der Waals surface area contributed by atoms with E-state index in [9.17, 15) is 9.59 Å². The molecule has 1 aliphatic rings. The van der Waals surface area contributed by atoms with Crippen molar-refractivity contribution in [2.75, 3.05) is 7.11 Å². The number of esters is 1. The molecule has 0 N–H and O–H groups in total. The van der Waals surface area contributed by atoms with Crippen LogP contribution in [0.1, 0.15) is 39.6 Å². The van der Waals surface area contributed by atoms with E-state index >= 15 is 0 Å². The van der Waals surface area contributed by atoms with Crippen molar-refractivity contribution in [3.8, 4) is 0 Å². The van der Waals surface area contributed by atoms with E-state index in [4.69, 9.17) is 27.6 Å². The number of methoxy groups -OCH3 is 1. The topological polar surface area (TPSA) is 72.6 Å². The van der Waals surface area contributed by atoms with Gasteiger partial charge in [0.25, 0.3) is 5.91 Å². The first-order chi connectivity index (χ1) is 11.5. The number of amides is 1. The molecule has 1 amide bonds. The number of hydrogen-bond donors (Lipinski definition) is 0. The van der Waals surface area contributed by atoms with E-state index in [0.29, 0.717) is 15.6 Å². The summed E-state index contributed by atoms with van der Waals surface area (Å²) in [7, 11) is 1.26. The van der Waals surface area contributed by atoms with Gasteiger partial charge in [-0.3, -0.25) is 4.79 Å². The maximum atomic E-state index is 12.8. The predicted octanol–water partition coefficient (Wildman–Crippen LogP) is 3.57. The fraction of sp³-hybridized carbons (Fsp3) is 0.312. The van der Waals surface area contributed by atoms with Gasteiger partial charge in [-0.05, 0) is 31.0 Å². The van der Waals surface area contributed by atoms with Crippen molar-refractivity contribution < 1.29 is 18.7 Å². The number of halogens is 2. The zero-order chi connectivity index (χ0) is 17.3. The highest BCUT2D eigenvalue weighted by molar-refractivity contribution is 6.35. The maximum absolute atomic E-state index is 12.8. The summed E-state index contributed by atoms with van der Waals surface area (Å²) in [4.78, 5) is 29.9. The Hall–Kier alpha value is -2.05. The molecule has 0 spiro atoms. The van der Waals surface area contributed by atoms with E-state index in [1.54, 1.807) is 23.1 Å². The van der Waals surface area contributed by atoms with Crippen molar-refractivity contribution in [2.24, 2.45) is 0 Å². The van der Waals surface area contributed by atoms with Crippen LogP contribution < -0.4 is 0 Å². The smallest absolute Gasteiger partial charge is 0.360 e. The minimum atomic E-state index is -0.587. The molecule has 1 saturated carbocycles. The number of carbonyl (C=O) groups is 2. The summed E-state index contributed by atoms with van der Waals surface area (Å²) in [5.74, 6) is -0.528. The highest BCUT2D eigenvalue weighted by Crippen LogP contribution is 2.31. The number of nitrogens with zero attached hydrogens (tertiary/aromatic N) is 2. The third-order valence-corrected chi connectivity index (χ3v) is 4.05. The number of hydrogen-bond acceptors (Lipinski definition) is 5. The second kappa shape index (κ2) is 6.83. The molecule has 0 bridgehead atoms. The lowest BCUT2D eigenvalue weighted by Gasteiger charge is -2.21. The van der Waals surface area contributed by atoms with Crippen LogP contribution in [0.5, 0.6) is 0 Å². The van der Waals surface area contributed by atoms with Gasteiger partial charge in [-0.15, -0.1) is 0 Å². The van der Waals surface area contributed by atoms with Gasteiger partial charge < -0.3 is 14.1 Å². The van der Waals surface area contributed by atoms with Gasteiger partial charge in [0.2, 0.25) is 5.89 Å². The molecule has 6 nitrogen and oxygen atoms in total. The first kappa shape index (κ1) is 16.8. The van der Waals surface area contributed by atoms with E-state index in [1.165, 1.54) is 13.4 Å². The Bertz CT molecular complexity index is 766. The molecule has 24 heavy (non-hydrogen) atoms. The molecule has 8 heteroatoms. The van der Waals surface area contributed by atoms with Gasteiger partial charge in [0.1, 0.15) is 6.26 Å². The Kier molecular flexibility index (Phi) is 4.78. The summed E-state index contributed by atoms with van der Waals surface area (Å²) < 4.78 is 9.86. The zero-order valence-corrected chi connectivity index (χ0v) is 14.3. The summed E-state index contributed by atoms with van der Waals surface area (Å²) >= 11 is 11.9. The van der Waals surface area contributed by atoms with Crippen LogP contribution in [-0.4, -0.2) is 34.9 Å². The summed E-state index contributed by atoms with van der Waals surface area (Å²) in [6.07, 6.45) is 3.03. The van der Waals surface area contributed by atoms with E-state index in [1.807, 2.05) is 0 Å². The Morgan fingerprint density at radius 2 is 1.96 bits per heavy atom. The molecule has 1 aromatic carbocycles. The predicted molar refractivity (Wildman–Crippen MR) is 87.2 cm³/mol. The zero-order valence-electron chi connectivity index (χ0n) is 12.8. The Balaban J connectivity index is 1.81. The molecule has 126 valence electrons. The fourth-order valence-electron chi connectivity index (χ4n) is 2.32. The largest absolute Gasteiger partial charge is 0.464 e. The minimum absolute atomic E-state index is 0.0708. The van der Waals surface area contributed by atoms with Crippen molar-refractivity contribution >= 4 is 35.1 Å². The summed E-state index contributed by atoms with van der Waals surface area (Å²) in [6, 6.07) is 4.82. The number of ether oxygens (including phenoxy) is 1. The first-order valence-corrected chi connectivity index (χ1v) is 8.03. The second-order valence-corrected chi connectivity index (χ2v) is 6.31. The van der Waals surface area contributed by atoms with Crippen LogP contribution in [-0.2, 0) is 11.3 Å². The molecule has 0 aliphatic heterocycles. The van der Waals surface area contributed by atoms with Gasteiger partial charge in [-0.25, -0.2) is 9.78 Å². The molecule has 0 saturated heterocycles. The Morgan fingerprint density at radius 1 is 1.29 bits per heavy atom. The molecule has 0 atom stereocenters. The standard InChI is InChI=1S/C16H14Cl2N2O4/c1-23-16(22)13-8-24-14(19-13)7-20(12-2-3-12)15(21)9-4-10(17)6-11(18)5-9/h4-6,8,12H,2-3,7H2,1H3. The highest BCUT2D eigenvalue weighted by atomic mass is 35.5. The van der Waals surface area contributed by atoms with Crippen LogP contribution >= 0.6 is 23.2 Å². The lowest BCUT2D eigenvalue weighted by atomic mass is 10.2. The summed E-state index contributed by atoms with van der Waals surface area (Å²) in [5, 5.41) is 0.788. The van der Waals surface area contributed by atoms with Crippen molar-refractivity contribution in [2.45, 2.75) is 25.4 Å². The lowest BCUT2D eigenvalue weighted by Crippen LogP contribution is -2.32. The quantitative estimate of drug-likeness (QED) is 0.754. The fourth-order valence-corrected chi connectivity index (χ4v) is 2.85. The molecule has 0 radical (unpaired) electrons. The van der Waals surface area contributed by atoms with Gasteiger partial charge >= 0.3 is 5.97 Å². The average Bonchev–Trinajstić information content (AvgIpc) is 3.28. The number of rotatable bonds is 5. The molecular formula is C16H14Cl2N2O4. The van der Waals surface area contributed by atoms with Crippen LogP contribution in [0.15, 0.2) is 28.9 Å². The highest BCUT2D eigenvalue weighted by Gasteiger charge is 2.34. The Morgan fingerprint density at radius 3 is 2.54 bits per heavy atom. The van der Waals surface area contributed by atoms with Gasteiger partial charge in [0.15, 0.2) is 5.69 Å². The van der Waals surface area contributed by atoms with E-state index in [0.717, 1.165) is 12.8 Å². The molecule has 1 aliphatic carbocycles. The van der Waals surface area contributed by atoms with Crippen molar-refractivity contribution in [3.63, 3.8) is 0 Å². The maximum Gasteiger partial charge on any atom is 0.360 e. The first-order valence-electron chi connectivity index (χ1n) is 7.27. The molecule has 1 fully saturated rings. The third-order valence-electron chi connectivity index (χ3n) is 3.61. The van der Waals surface area contributed by atoms with Crippen molar-refractivity contribution in [3.05, 3.63) is 51.7 Å². The number of benzene rings is 1. The third kappa shape index (κ3) is 3.71. The van der Waals surface area contributed by atoms with Crippen LogP contribution in [0.2, 0.25) is 10.0 Å². The minimum Gasteiger partial charge on any atom is -0.464 e. The Labute approximate surface area is 148 Å². The molecule has 3 rings (SSSR count). The molecule has 1 aromatic heterocycles. The number of carbonyl (C=O) groups excluding carboxylic acids is 2. The van der Waals surface area contributed by atoms with Crippen LogP contribution in [0.4, 0.5) is 0 Å². The monoisotopic (exact) mass is 368 g/mol.